The van der Waals surface area contributed by atoms with Gasteiger partial charge in [0.1, 0.15) is 12.3 Å². The van der Waals surface area contributed by atoms with Crippen molar-refractivity contribution in [3.63, 3.8) is 0 Å². The number of carbonyl (C=O) groups is 2. The third-order valence-corrected chi connectivity index (χ3v) is 3.41. The van der Waals surface area contributed by atoms with E-state index in [1.54, 1.807) is 11.0 Å². The van der Waals surface area contributed by atoms with Crippen LogP contribution in [0.4, 0.5) is 0 Å². The maximum Gasteiger partial charge on any atom is 0.258 e. The number of aromatic hydroxyl groups is 1. The summed E-state index contributed by atoms with van der Waals surface area (Å²) < 4.78 is 0. The van der Waals surface area contributed by atoms with E-state index in [9.17, 15) is 14.7 Å². The number of carbonyl (C=O) groups excluding carboxylic acids is 2. The highest BCUT2D eigenvalue weighted by molar-refractivity contribution is 6.30. The Hall–Kier alpha value is -1.75. The normalized spacial score (nSPS) is 15.8. The van der Waals surface area contributed by atoms with Crippen LogP contribution in [0.1, 0.15) is 17.3 Å². The molecule has 1 fully saturated rings. The molecule has 0 bridgehead atoms. The van der Waals surface area contributed by atoms with Gasteiger partial charge in [-0.2, -0.15) is 0 Å². The molecule has 1 aromatic rings. The average molecular weight is 283 g/mol. The zero-order valence-corrected chi connectivity index (χ0v) is 11.4. The first kappa shape index (κ1) is 13.7. The van der Waals surface area contributed by atoms with E-state index >= 15 is 0 Å². The number of amides is 2. The summed E-state index contributed by atoms with van der Waals surface area (Å²) in [7, 11) is 0. The first-order valence-corrected chi connectivity index (χ1v) is 6.46. The molecule has 1 aliphatic heterocycles. The fourth-order valence-corrected chi connectivity index (χ4v) is 2.24. The molecule has 0 radical (unpaired) electrons. The molecule has 102 valence electrons. The van der Waals surface area contributed by atoms with Crippen LogP contribution in [0.3, 0.4) is 0 Å². The molecule has 0 unspecified atom stereocenters. The van der Waals surface area contributed by atoms with Crippen LogP contribution in [0, 0.1) is 0 Å². The zero-order chi connectivity index (χ0) is 14.0. The molecule has 2 rings (SSSR count). The summed E-state index contributed by atoms with van der Waals surface area (Å²) in [4.78, 5) is 27.1. The van der Waals surface area contributed by atoms with Crippen molar-refractivity contribution in [2.45, 2.75) is 6.92 Å². The number of nitrogens with zero attached hydrogens (tertiary/aromatic N) is 2. The number of piperazine rings is 1. The Bertz CT molecular complexity index is 519. The van der Waals surface area contributed by atoms with E-state index in [2.05, 4.69) is 0 Å². The Morgan fingerprint density at radius 3 is 2.74 bits per heavy atom. The van der Waals surface area contributed by atoms with Gasteiger partial charge < -0.3 is 14.9 Å². The first-order valence-electron chi connectivity index (χ1n) is 6.08. The first-order chi connectivity index (χ1) is 9.02. The van der Waals surface area contributed by atoms with Crippen LogP contribution >= 0.6 is 11.6 Å². The standard InChI is InChI=1S/C13H15ClN2O3/c1-2-15-5-6-16(8-12(15)18)13(19)10-4-3-9(14)7-11(10)17/h3-4,7,17H,2,5-6,8H2,1H3. The molecule has 1 saturated heterocycles. The summed E-state index contributed by atoms with van der Waals surface area (Å²) in [5, 5.41) is 10.1. The predicted molar refractivity (Wildman–Crippen MR) is 71.3 cm³/mol. The highest BCUT2D eigenvalue weighted by Gasteiger charge is 2.27. The molecule has 1 N–H and O–H groups in total. The number of halogens is 1. The van der Waals surface area contributed by atoms with Gasteiger partial charge in [-0.15, -0.1) is 0 Å². The minimum absolute atomic E-state index is 0.0503. The Labute approximate surface area is 116 Å². The summed E-state index contributed by atoms with van der Waals surface area (Å²) in [5.74, 6) is -0.586. The summed E-state index contributed by atoms with van der Waals surface area (Å²) in [6.45, 7) is 3.60. The lowest BCUT2D eigenvalue weighted by Crippen LogP contribution is -2.52. The van der Waals surface area contributed by atoms with Gasteiger partial charge in [-0.1, -0.05) is 11.6 Å². The van der Waals surface area contributed by atoms with Crippen molar-refractivity contribution < 1.29 is 14.7 Å². The average Bonchev–Trinajstić information content (AvgIpc) is 2.38. The molecule has 0 saturated carbocycles. The lowest BCUT2D eigenvalue weighted by molar-refractivity contribution is -0.134. The molecule has 0 spiro atoms. The zero-order valence-electron chi connectivity index (χ0n) is 10.6. The molecular formula is C13H15ClN2O3. The van der Waals surface area contributed by atoms with Crippen LogP contribution in [0.5, 0.6) is 5.75 Å². The van der Waals surface area contributed by atoms with Gasteiger partial charge in [-0.25, -0.2) is 0 Å². The Morgan fingerprint density at radius 1 is 1.42 bits per heavy atom. The Balaban J connectivity index is 2.14. The van der Waals surface area contributed by atoms with E-state index < -0.39 is 0 Å². The monoisotopic (exact) mass is 282 g/mol. The number of likely N-dealkylation sites (N-methyl/N-ethyl adjacent to an activating group) is 1. The minimum atomic E-state index is -0.349. The summed E-state index contributed by atoms with van der Waals surface area (Å²) >= 11 is 5.72. The van der Waals surface area contributed by atoms with Crippen molar-refractivity contribution in [1.82, 2.24) is 9.80 Å². The third kappa shape index (κ3) is 2.81. The molecule has 19 heavy (non-hydrogen) atoms. The molecule has 2 amide bonds. The Kier molecular flexibility index (Phi) is 3.95. The van der Waals surface area contributed by atoms with Crippen molar-refractivity contribution in [3.05, 3.63) is 28.8 Å². The van der Waals surface area contributed by atoms with Gasteiger partial charge in [-0.3, -0.25) is 9.59 Å². The summed E-state index contributed by atoms with van der Waals surface area (Å²) in [6, 6.07) is 4.33. The molecule has 5 nitrogen and oxygen atoms in total. The van der Waals surface area contributed by atoms with Crippen LogP contribution in [-0.2, 0) is 4.79 Å². The summed E-state index contributed by atoms with van der Waals surface area (Å²) in [6.07, 6.45) is 0. The molecule has 1 aromatic carbocycles. The van der Waals surface area contributed by atoms with Gasteiger partial charge in [0.25, 0.3) is 5.91 Å². The smallest absolute Gasteiger partial charge is 0.258 e. The second-order valence-corrected chi connectivity index (χ2v) is 4.80. The van der Waals surface area contributed by atoms with Crippen LogP contribution in [-0.4, -0.2) is 52.9 Å². The second kappa shape index (κ2) is 5.48. The molecule has 6 heteroatoms. The lowest BCUT2D eigenvalue weighted by Gasteiger charge is -2.33. The fraction of sp³-hybridized carbons (Fsp3) is 0.385. The van der Waals surface area contributed by atoms with Gasteiger partial charge in [0.15, 0.2) is 0 Å². The van der Waals surface area contributed by atoms with Crippen molar-refractivity contribution in [1.29, 1.82) is 0 Å². The Morgan fingerprint density at radius 2 is 2.16 bits per heavy atom. The highest BCUT2D eigenvalue weighted by atomic mass is 35.5. The van der Waals surface area contributed by atoms with Crippen LogP contribution in [0.15, 0.2) is 18.2 Å². The third-order valence-electron chi connectivity index (χ3n) is 3.18. The van der Waals surface area contributed by atoms with Gasteiger partial charge in [-0.05, 0) is 25.1 Å². The number of hydrogen-bond donors (Lipinski definition) is 1. The quantitative estimate of drug-likeness (QED) is 0.891. The van der Waals surface area contributed by atoms with Crippen LogP contribution in [0.25, 0.3) is 0 Å². The minimum Gasteiger partial charge on any atom is -0.507 e. The van der Waals surface area contributed by atoms with Crippen LogP contribution < -0.4 is 0 Å². The van der Waals surface area contributed by atoms with E-state index in [4.69, 9.17) is 11.6 Å². The van der Waals surface area contributed by atoms with Crippen molar-refractivity contribution in [2.75, 3.05) is 26.2 Å². The molecule has 1 heterocycles. The van der Waals surface area contributed by atoms with E-state index in [0.717, 1.165) is 0 Å². The summed E-state index contributed by atoms with van der Waals surface area (Å²) in [5.41, 5.74) is 0.169. The van der Waals surface area contributed by atoms with E-state index in [-0.39, 0.29) is 29.7 Å². The topological polar surface area (TPSA) is 60.9 Å². The van der Waals surface area contributed by atoms with Gasteiger partial charge >= 0.3 is 0 Å². The maximum absolute atomic E-state index is 12.2. The van der Waals surface area contributed by atoms with Gasteiger partial charge in [0, 0.05) is 24.7 Å². The highest BCUT2D eigenvalue weighted by Crippen LogP contribution is 2.23. The van der Waals surface area contributed by atoms with E-state index in [1.807, 2.05) is 6.92 Å². The van der Waals surface area contributed by atoms with Crippen molar-refractivity contribution >= 4 is 23.4 Å². The number of benzene rings is 1. The number of phenolic OH excluding ortho intramolecular Hbond substituents is 1. The molecule has 1 aliphatic rings. The largest absolute Gasteiger partial charge is 0.507 e. The van der Waals surface area contributed by atoms with Gasteiger partial charge in [0.2, 0.25) is 5.91 Å². The predicted octanol–water partition coefficient (Wildman–Crippen LogP) is 1.35. The number of phenols is 1. The van der Waals surface area contributed by atoms with Crippen molar-refractivity contribution in [3.8, 4) is 5.75 Å². The molecular weight excluding hydrogens is 268 g/mol. The number of rotatable bonds is 2. The molecule has 0 aliphatic carbocycles. The van der Waals surface area contributed by atoms with E-state index in [0.29, 0.717) is 24.7 Å². The maximum atomic E-state index is 12.2. The van der Waals surface area contributed by atoms with E-state index in [1.165, 1.54) is 17.0 Å². The van der Waals surface area contributed by atoms with Gasteiger partial charge in [0.05, 0.1) is 5.56 Å². The lowest BCUT2D eigenvalue weighted by atomic mass is 10.1. The fourth-order valence-electron chi connectivity index (χ4n) is 2.07. The molecule has 0 aromatic heterocycles. The second-order valence-electron chi connectivity index (χ2n) is 4.36. The SMILES string of the molecule is CCN1CCN(C(=O)c2ccc(Cl)cc2O)CC1=O. The van der Waals surface area contributed by atoms with Crippen molar-refractivity contribution in [2.24, 2.45) is 0 Å². The number of hydrogen-bond acceptors (Lipinski definition) is 3. The van der Waals surface area contributed by atoms with Crippen LogP contribution in [0.2, 0.25) is 5.02 Å². The molecule has 0 atom stereocenters.